The maximum Gasteiger partial charge on any atom is 0.0481 e. The van der Waals surface area contributed by atoms with Gasteiger partial charge in [0.25, 0.3) is 0 Å². The number of rotatable bonds is 6. The van der Waals surface area contributed by atoms with Crippen LogP contribution in [0.4, 0.5) is 0 Å². The highest BCUT2D eigenvalue weighted by Gasteiger charge is 2.50. The summed E-state index contributed by atoms with van der Waals surface area (Å²) in [6.45, 7) is 8.69. The van der Waals surface area contributed by atoms with E-state index in [2.05, 4.69) is 91.8 Å². The second-order valence-corrected chi connectivity index (χ2v) is 8.40. The molecule has 1 unspecified atom stereocenters. The van der Waals surface area contributed by atoms with Gasteiger partial charge >= 0.3 is 0 Å². The van der Waals surface area contributed by atoms with Crippen LogP contribution in [-0.2, 0) is 0 Å². The predicted octanol–water partition coefficient (Wildman–Crippen LogP) is 4.32. The van der Waals surface area contributed by atoms with Gasteiger partial charge in [0.2, 0.25) is 0 Å². The normalized spacial score (nSPS) is 23.7. The fourth-order valence-electron chi connectivity index (χ4n) is 3.12. The van der Waals surface area contributed by atoms with E-state index in [1.165, 1.54) is 17.0 Å². The summed E-state index contributed by atoms with van der Waals surface area (Å²) in [5, 5.41) is 2.86. The molecule has 3 rings (SSSR count). The molecule has 1 aliphatic rings. The van der Waals surface area contributed by atoms with Gasteiger partial charge in [-0.15, -0.1) is 6.58 Å². The van der Waals surface area contributed by atoms with E-state index >= 15 is 0 Å². The third-order valence-electron chi connectivity index (χ3n) is 4.14. The van der Waals surface area contributed by atoms with Crippen molar-refractivity contribution in [1.82, 2.24) is 4.67 Å². The lowest BCUT2D eigenvalue weighted by molar-refractivity contribution is 0.552. The first-order valence-corrected chi connectivity index (χ1v) is 9.33. The molecular weight excluding hydrogens is 285 g/mol. The summed E-state index contributed by atoms with van der Waals surface area (Å²) in [6.07, 6.45) is 3.38. The summed E-state index contributed by atoms with van der Waals surface area (Å²) in [4.78, 5) is 0. The molecule has 0 radical (unpaired) electrons. The van der Waals surface area contributed by atoms with Crippen LogP contribution >= 0.6 is 8.07 Å². The van der Waals surface area contributed by atoms with Gasteiger partial charge in [0, 0.05) is 20.2 Å². The molecule has 1 nitrogen and oxygen atoms in total. The first kappa shape index (κ1) is 15.5. The van der Waals surface area contributed by atoms with Gasteiger partial charge in [0.1, 0.15) is 0 Å². The third-order valence-corrected chi connectivity index (χ3v) is 6.74. The molecule has 1 aliphatic heterocycles. The molecule has 2 heteroatoms. The van der Waals surface area contributed by atoms with Crippen LogP contribution in [0.25, 0.3) is 0 Å². The highest BCUT2D eigenvalue weighted by Crippen LogP contribution is 2.53. The van der Waals surface area contributed by atoms with E-state index in [9.17, 15) is 0 Å². The molecule has 3 atom stereocenters. The van der Waals surface area contributed by atoms with Gasteiger partial charge in [-0.1, -0.05) is 80.6 Å². The lowest BCUT2D eigenvalue weighted by atomic mass is 10.1. The van der Waals surface area contributed by atoms with Gasteiger partial charge < -0.3 is 0 Å². The van der Waals surface area contributed by atoms with Gasteiger partial charge in [-0.25, -0.2) is 0 Å². The van der Waals surface area contributed by atoms with E-state index < -0.39 is 8.07 Å². The maximum atomic E-state index is 4.07. The van der Waals surface area contributed by atoms with Crippen LogP contribution in [0.1, 0.15) is 20.3 Å². The molecule has 22 heavy (non-hydrogen) atoms. The molecule has 0 N–H and O–H groups in total. The van der Waals surface area contributed by atoms with E-state index in [0.29, 0.717) is 12.1 Å². The molecule has 0 spiro atoms. The highest BCUT2D eigenvalue weighted by molar-refractivity contribution is 7.71. The van der Waals surface area contributed by atoms with Crippen LogP contribution < -0.4 is 10.6 Å². The molecular formula is C20H24NP. The lowest BCUT2D eigenvalue weighted by Crippen LogP contribution is -2.18. The molecule has 0 amide bonds. The zero-order valence-electron chi connectivity index (χ0n) is 13.4. The Morgan fingerprint density at radius 3 is 1.91 bits per heavy atom. The SMILES string of the molecule is C=C[C@@H]1[C@@H](CC(C)C)N1P(c1ccccc1)c1ccccc1. The summed E-state index contributed by atoms with van der Waals surface area (Å²) in [6, 6.07) is 23.0. The summed E-state index contributed by atoms with van der Waals surface area (Å²) in [5.41, 5.74) is 0. The largest absolute Gasteiger partial charge is 0.261 e. The Morgan fingerprint density at radius 1 is 1.00 bits per heavy atom. The topological polar surface area (TPSA) is 3.01 Å². The molecule has 0 bridgehead atoms. The molecule has 114 valence electrons. The molecule has 0 aromatic heterocycles. The fourth-order valence-corrected chi connectivity index (χ4v) is 5.84. The summed E-state index contributed by atoms with van der Waals surface area (Å²) >= 11 is 0. The lowest BCUT2D eigenvalue weighted by Gasteiger charge is -2.21. The van der Waals surface area contributed by atoms with Crippen molar-refractivity contribution in [3.63, 3.8) is 0 Å². The van der Waals surface area contributed by atoms with Crippen molar-refractivity contribution < 1.29 is 0 Å². The second kappa shape index (κ2) is 6.77. The molecule has 0 saturated carbocycles. The van der Waals surface area contributed by atoms with Crippen LogP contribution in [0, 0.1) is 5.92 Å². The van der Waals surface area contributed by atoms with E-state index in [-0.39, 0.29) is 0 Å². The van der Waals surface area contributed by atoms with E-state index in [1.54, 1.807) is 0 Å². The third kappa shape index (κ3) is 3.16. The van der Waals surface area contributed by atoms with Crippen molar-refractivity contribution in [2.75, 3.05) is 0 Å². The monoisotopic (exact) mass is 309 g/mol. The van der Waals surface area contributed by atoms with Crippen molar-refractivity contribution in [2.45, 2.75) is 32.4 Å². The van der Waals surface area contributed by atoms with Crippen molar-refractivity contribution >= 4 is 18.7 Å². The maximum absolute atomic E-state index is 4.07. The van der Waals surface area contributed by atoms with Crippen LogP contribution in [-0.4, -0.2) is 16.8 Å². The first-order valence-electron chi connectivity index (χ1n) is 8.03. The number of hydrogen-bond acceptors (Lipinski definition) is 1. The molecule has 2 aromatic rings. The quantitative estimate of drug-likeness (QED) is 0.436. The molecule has 1 heterocycles. The van der Waals surface area contributed by atoms with E-state index in [4.69, 9.17) is 0 Å². The summed E-state index contributed by atoms with van der Waals surface area (Å²) in [5.74, 6) is 0.723. The average Bonchev–Trinajstić information content (AvgIpc) is 3.21. The van der Waals surface area contributed by atoms with Gasteiger partial charge in [-0.3, -0.25) is 4.67 Å². The molecule has 1 saturated heterocycles. The van der Waals surface area contributed by atoms with Gasteiger partial charge in [0.15, 0.2) is 0 Å². The zero-order valence-corrected chi connectivity index (χ0v) is 14.3. The fraction of sp³-hybridized carbons (Fsp3) is 0.300. The summed E-state index contributed by atoms with van der Waals surface area (Å²) in [7, 11) is -0.452. The van der Waals surface area contributed by atoms with Gasteiger partial charge in [-0.05, 0) is 22.9 Å². The van der Waals surface area contributed by atoms with E-state index in [1.807, 2.05) is 0 Å². The van der Waals surface area contributed by atoms with Crippen molar-refractivity contribution in [1.29, 1.82) is 0 Å². The Bertz CT molecular complexity index is 569. The minimum Gasteiger partial charge on any atom is -0.261 e. The van der Waals surface area contributed by atoms with Crippen LogP contribution in [0.5, 0.6) is 0 Å². The number of benzene rings is 2. The minimum absolute atomic E-state index is 0.452. The molecule has 1 fully saturated rings. The Hall–Kier alpha value is -1.43. The zero-order chi connectivity index (χ0) is 15.5. The van der Waals surface area contributed by atoms with Crippen molar-refractivity contribution in [2.24, 2.45) is 5.92 Å². The highest BCUT2D eigenvalue weighted by atomic mass is 31.1. The standard InChI is InChI=1S/C20H24NP/c1-4-19-20(15-16(2)3)21(19)22(17-11-7-5-8-12-17)18-13-9-6-10-14-18/h4-14,16,19-20H,1,15H2,2-3H3/t19-,20-,21?/m1/s1. The van der Waals surface area contributed by atoms with Crippen LogP contribution in [0.3, 0.4) is 0 Å². The number of hydrogen-bond donors (Lipinski definition) is 0. The Morgan fingerprint density at radius 2 is 1.50 bits per heavy atom. The Balaban J connectivity index is 1.95. The first-order chi connectivity index (χ1) is 10.7. The Kier molecular flexibility index (Phi) is 4.76. The van der Waals surface area contributed by atoms with Crippen LogP contribution in [0.2, 0.25) is 0 Å². The van der Waals surface area contributed by atoms with Gasteiger partial charge in [0.05, 0.1) is 0 Å². The second-order valence-electron chi connectivity index (χ2n) is 6.29. The smallest absolute Gasteiger partial charge is 0.0481 e. The minimum atomic E-state index is -0.452. The molecule has 0 aliphatic carbocycles. The summed E-state index contributed by atoms with van der Waals surface area (Å²) < 4.78 is 2.67. The van der Waals surface area contributed by atoms with Gasteiger partial charge in [-0.2, -0.15) is 0 Å². The van der Waals surface area contributed by atoms with E-state index in [0.717, 1.165) is 5.92 Å². The average molecular weight is 309 g/mol. The van der Waals surface area contributed by atoms with Crippen LogP contribution in [0.15, 0.2) is 73.3 Å². The van der Waals surface area contributed by atoms with Crippen molar-refractivity contribution in [3.05, 3.63) is 73.3 Å². The van der Waals surface area contributed by atoms with Crippen molar-refractivity contribution in [3.8, 4) is 0 Å². The predicted molar refractivity (Wildman–Crippen MR) is 98.1 cm³/mol. The molecule has 2 aromatic carbocycles. The number of nitrogens with zero attached hydrogens (tertiary/aromatic N) is 1. The Labute approximate surface area is 135 Å².